The Kier molecular flexibility index (Phi) is 60.6. The maximum atomic E-state index is 3.12. The van der Waals surface area contributed by atoms with Gasteiger partial charge in [-0.2, -0.15) is 6.08 Å². The van der Waals surface area contributed by atoms with Gasteiger partial charge in [0.1, 0.15) is 0 Å². The number of allylic oxidation sites excluding steroid dienone is 4. The molecule has 0 atom stereocenters. The molecule has 0 fully saturated rings. The van der Waals surface area contributed by atoms with Crippen molar-refractivity contribution < 1.29 is 20.4 Å². The first-order valence-corrected chi connectivity index (χ1v) is 3.84. The molecule has 1 heteroatoms. The average molecular weight is 371 g/mol. The van der Waals surface area contributed by atoms with Crippen molar-refractivity contribution in [2.45, 2.75) is 6.42 Å². The second-order valence-corrected chi connectivity index (χ2v) is 1.75. The summed E-state index contributed by atoms with van der Waals surface area (Å²) in [5, 5.41) is 0. The van der Waals surface area contributed by atoms with E-state index in [0.29, 0.717) is 0 Å². The summed E-state index contributed by atoms with van der Waals surface area (Å²) in [6.45, 7) is 18.8. The van der Waals surface area contributed by atoms with Crippen LogP contribution in [-0.4, -0.2) is 0 Å². The van der Waals surface area contributed by atoms with E-state index in [1.165, 1.54) is 0 Å². The van der Waals surface area contributed by atoms with Gasteiger partial charge < -0.3 is 0 Å². The molecule has 0 N–H and O–H groups in total. The van der Waals surface area contributed by atoms with E-state index in [1.54, 1.807) is 0 Å². The van der Waals surface area contributed by atoms with Gasteiger partial charge in [0.05, 0.1) is 0 Å². The van der Waals surface area contributed by atoms with Crippen molar-refractivity contribution in [1.82, 2.24) is 0 Å². The fourth-order valence-electron chi connectivity index (χ4n) is 0.340. The van der Waals surface area contributed by atoms with Gasteiger partial charge in [0.15, 0.2) is 0 Å². The van der Waals surface area contributed by atoms with Gasteiger partial charge in [0.25, 0.3) is 0 Å². The van der Waals surface area contributed by atoms with Crippen LogP contribution in [0.1, 0.15) is 6.42 Å². The van der Waals surface area contributed by atoms with E-state index in [1.807, 2.05) is 12.2 Å². The molecule has 15 heavy (non-hydrogen) atoms. The summed E-state index contributed by atoms with van der Waals surface area (Å²) < 4.78 is 0. The molecule has 0 aromatic rings. The minimum absolute atomic E-state index is 0. The fourth-order valence-corrected chi connectivity index (χ4v) is 0.340. The van der Waals surface area contributed by atoms with Crippen LogP contribution in [0.4, 0.5) is 0 Å². The Morgan fingerprint density at radius 1 is 0.867 bits per heavy atom. The van der Waals surface area contributed by atoms with Gasteiger partial charge in [-0.1, -0.05) is 39.5 Å². The van der Waals surface area contributed by atoms with Gasteiger partial charge in [0.2, 0.25) is 0 Å². The molecule has 1 aliphatic carbocycles. The van der Waals surface area contributed by atoms with Crippen LogP contribution < -0.4 is 0 Å². The Labute approximate surface area is 108 Å². The van der Waals surface area contributed by atoms with E-state index in [-0.39, 0.29) is 20.4 Å². The minimum atomic E-state index is 0. The molecular formula is C14H17Re-. The average Bonchev–Trinajstić information content (AvgIpc) is 2.63. The molecule has 0 amide bonds. The van der Waals surface area contributed by atoms with Crippen LogP contribution in [0.25, 0.3) is 0 Å². The third-order valence-corrected chi connectivity index (χ3v) is 0.586. The summed E-state index contributed by atoms with van der Waals surface area (Å²) >= 11 is 0. The van der Waals surface area contributed by atoms with Crippen LogP contribution in [0.5, 0.6) is 0 Å². The van der Waals surface area contributed by atoms with Gasteiger partial charge in [-0.15, -0.1) is 23.6 Å². The van der Waals surface area contributed by atoms with E-state index in [9.17, 15) is 0 Å². The zero-order valence-electron chi connectivity index (χ0n) is 9.06. The Morgan fingerprint density at radius 2 is 1.20 bits per heavy atom. The first kappa shape index (κ1) is 23.5. The standard InChI is InChI=1S/C5H5.3C3H4.Re/c1-2-4-5-3-1;3*1-3-2;/h1-3H,4H2;3*1-2H2;/q-1;;;;. The van der Waals surface area contributed by atoms with Gasteiger partial charge in [0, 0.05) is 20.4 Å². The molecule has 0 aliphatic heterocycles. The van der Waals surface area contributed by atoms with Gasteiger partial charge in [-0.3, -0.25) is 6.08 Å². The Hall–Kier alpha value is -1.30. The van der Waals surface area contributed by atoms with Crippen molar-refractivity contribution in [3.8, 4) is 0 Å². The number of hydrogen-bond donors (Lipinski definition) is 0. The Balaban J connectivity index is -0.0000000550. The monoisotopic (exact) mass is 372 g/mol. The van der Waals surface area contributed by atoms with Gasteiger partial charge in [-0.05, 0) is 0 Å². The van der Waals surface area contributed by atoms with Crippen molar-refractivity contribution >= 4 is 0 Å². The first-order valence-electron chi connectivity index (χ1n) is 3.84. The predicted molar refractivity (Wildman–Crippen MR) is 65.9 cm³/mol. The van der Waals surface area contributed by atoms with Crippen LogP contribution in [0.15, 0.2) is 74.9 Å². The second kappa shape index (κ2) is 38.7. The zero-order valence-corrected chi connectivity index (χ0v) is 11.8. The molecule has 0 bridgehead atoms. The summed E-state index contributed by atoms with van der Waals surface area (Å²) in [6.07, 6.45) is 10.0. The molecular weight excluding hydrogens is 354 g/mol. The van der Waals surface area contributed by atoms with E-state index in [0.717, 1.165) is 6.42 Å². The molecule has 0 saturated carbocycles. The Morgan fingerprint density at radius 3 is 1.27 bits per heavy atom. The molecule has 0 aromatic carbocycles. The maximum Gasteiger partial charge on any atom is 0 e. The van der Waals surface area contributed by atoms with Crippen molar-refractivity contribution in [3.05, 3.63) is 81.0 Å². The molecule has 0 heterocycles. The zero-order chi connectivity index (χ0) is 11.7. The summed E-state index contributed by atoms with van der Waals surface area (Å²) in [4.78, 5) is 0. The maximum absolute atomic E-state index is 3.12. The third kappa shape index (κ3) is 106. The van der Waals surface area contributed by atoms with E-state index < -0.39 is 0 Å². The number of hydrogen-bond acceptors (Lipinski definition) is 0. The molecule has 0 aromatic heterocycles. The Bertz CT molecular complexity index is 211. The first-order chi connectivity index (χ1) is 6.74. The predicted octanol–water partition coefficient (Wildman–Crippen LogP) is 4.18. The quantitative estimate of drug-likeness (QED) is 0.443. The van der Waals surface area contributed by atoms with Crippen molar-refractivity contribution in [2.24, 2.45) is 0 Å². The molecule has 0 nitrogen and oxygen atoms in total. The molecule has 0 spiro atoms. The fraction of sp³-hybridized carbons (Fsp3) is 0.0714. The number of rotatable bonds is 0. The van der Waals surface area contributed by atoms with Crippen LogP contribution in [0.2, 0.25) is 0 Å². The molecule has 1 rings (SSSR count). The molecule has 1 aliphatic rings. The topological polar surface area (TPSA) is 0 Å². The summed E-state index contributed by atoms with van der Waals surface area (Å²) in [7, 11) is 0. The normalized spacial score (nSPS) is 7.47. The van der Waals surface area contributed by atoms with Crippen molar-refractivity contribution in [1.29, 1.82) is 0 Å². The summed E-state index contributed by atoms with van der Waals surface area (Å²) in [5.74, 6) is 0. The summed E-state index contributed by atoms with van der Waals surface area (Å²) in [6, 6.07) is 0. The third-order valence-electron chi connectivity index (χ3n) is 0.586. The molecule has 0 saturated heterocycles. The molecule has 0 unspecified atom stereocenters. The summed E-state index contributed by atoms with van der Waals surface area (Å²) in [5.41, 5.74) is 6.75. The van der Waals surface area contributed by atoms with Gasteiger partial charge in [-0.25, -0.2) is 12.2 Å². The smallest absolute Gasteiger partial charge is 0 e. The van der Waals surface area contributed by atoms with Crippen molar-refractivity contribution in [3.63, 3.8) is 0 Å². The van der Waals surface area contributed by atoms with Crippen LogP contribution in [0.3, 0.4) is 0 Å². The van der Waals surface area contributed by atoms with Crippen LogP contribution >= 0.6 is 0 Å². The molecule has 1 radical (unpaired) electrons. The SMILES string of the molecule is C=C=C.C=C=C.C=C=C.[C-]1=CC=CC1.[Re]. The second-order valence-electron chi connectivity index (χ2n) is 1.75. The molecule has 81 valence electrons. The van der Waals surface area contributed by atoms with Crippen molar-refractivity contribution in [2.75, 3.05) is 0 Å². The van der Waals surface area contributed by atoms with E-state index in [4.69, 9.17) is 0 Å². The van der Waals surface area contributed by atoms with Gasteiger partial charge >= 0.3 is 0 Å². The van der Waals surface area contributed by atoms with Crippen LogP contribution in [-0.2, 0) is 20.4 Å². The largest absolute Gasteiger partial charge is 0.273 e. The van der Waals surface area contributed by atoms with Crippen LogP contribution in [0, 0.1) is 6.08 Å². The van der Waals surface area contributed by atoms with E-state index in [2.05, 4.69) is 68.8 Å². The minimum Gasteiger partial charge on any atom is -0.273 e. The van der Waals surface area contributed by atoms with E-state index >= 15 is 0 Å².